The largest absolute Gasteiger partial charge is 2.00 e. The molecule has 0 aliphatic carbocycles. The Kier molecular flexibility index (Phi) is 15.4. The second kappa shape index (κ2) is 11.1. The first-order chi connectivity index (χ1) is 5.83. The van der Waals surface area contributed by atoms with Crippen LogP contribution in [0.4, 0.5) is 0 Å². The average molecular weight is 371 g/mol. The molecule has 0 bridgehead atoms. The summed E-state index contributed by atoms with van der Waals surface area (Å²) in [5, 5.41) is 0. The molecule has 0 amide bonds. The summed E-state index contributed by atoms with van der Waals surface area (Å²) in [5.41, 5.74) is 4.71. The van der Waals surface area contributed by atoms with Gasteiger partial charge in [0, 0.05) is 0 Å². The van der Waals surface area contributed by atoms with E-state index in [-0.39, 0.29) is 21.1 Å². The molecule has 0 aliphatic rings. The molecule has 0 unspecified atom stereocenters. The molecule has 2 N–H and O–H groups in total. The van der Waals surface area contributed by atoms with Gasteiger partial charge in [-0.05, 0) is 27.3 Å². The van der Waals surface area contributed by atoms with Crippen molar-refractivity contribution in [2.45, 2.75) is 39.2 Å². The van der Waals surface area contributed by atoms with E-state index in [0.717, 1.165) is 19.4 Å². The molecule has 14 heavy (non-hydrogen) atoms. The van der Waals surface area contributed by atoms with Crippen LogP contribution in [0, 0.1) is 13.8 Å². The zero-order chi connectivity index (χ0) is 10.9. The molecular weight excluding hydrogens is 350 g/mol. The monoisotopic (exact) mass is 371 g/mol. The minimum atomic E-state index is -0.475. The fraction of sp³-hybridized carbons (Fsp3) is 0.700. The predicted octanol–water partition coefficient (Wildman–Crippen LogP) is 1.72. The number of carbonyl (C=O) groups is 1. The van der Waals surface area contributed by atoms with E-state index in [4.69, 9.17) is 5.73 Å². The van der Waals surface area contributed by atoms with Crippen molar-refractivity contribution in [2.75, 3.05) is 6.54 Å². The molecule has 0 heterocycles. The molecule has 0 aromatic heterocycles. The first-order valence-corrected chi connectivity index (χ1v) is 4.37. The van der Waals surface area contributed by atoms with Crippen molar-refractivity contribution in [3.8, 4) is 0 Å². The minimum absolute atomic E-state index is 0. The van der Waals surface area contributed by atoms with Crippen molar-refractivity contribution < 1.29 is 30.6 Å². The Morgan fingerprint density at radius 1 is 1.43 bits per heavy atom. The Labute approximate surface area is 102 Å². The van der Waals surface area contributed by atoms with Gasteiger partial charge in [-0.15, -0.1) is 0 Å². The van der Waals surface area contributed by atoms with E-state index in [1.807, 2.05) is 0 Å². The number of carbonyl (C=O) groups excluding carboxylic acids is 1. The van der Waals surface area contributed by atoms with E-state index < -0.39 is 11.6 Å². The maximum absolute atomic E-state index is 10.1. The summed E-state index contributed by atoms with van der Waals surface area (Å²) in [7, 11) is 0. The van der Waals surface area contributed by atoms with Crippen molar-refractivity contribution >= 4 is 5.97 Å². The second-order valence-corrected chi connectivity index (χ2v) is 3.58. The zero-order valence-electron chi connectivity index (χ0n) is 9.34. The van der Waals surface area contributed by atoms with Crippen LogP contribution in [-0.4, -0.2) is 18.1 Å². The van der Waals surface area contributed by atoms with Crippen LogP contribution in [0.1, 0.15) is 33.6 Å². The molecule has 0 saturated carbocycles. The molecule has 3 nitrogen and oxygen atoms in total. The van der Waals surface area contributed by atoms with Crippen LogP contribution in [0.2, 0.25) is 0 Å². The Morgan fingerprint density at radius 3 is 1.86 bits per heavy atom. The SMILES string of the molecule is [CH2-]C(=O)OC(C)(C)C.[CH2-]CCCN.[W+2]. The van der Waals surface area contributed by atoms with Gasteiger partial charge < -0.3 is 17.4 Å². The number of nitrogens with two attached hydrogens (primary N) is 1. The molecule has 0 radical (unpaired) electrons. The van der Waals surface area contributed by atoms with Gasteiger partial charge in [0.05, 0.1) is 0 Å². The van der Waals surface area contributed by atoms with Crippen LogP contribution in [0.5, 0.6) is 0 Å². The zero-order valence-corrected chi connectivity index (χ0v) is 12.3. The van der Waals surface area contributed by atoms with Crippen LogP contribution < -0.4 is 5.73 Å². The smallest absolute Gasteiger partial charge is 0.483 e. The Hall–Kier alpha value is -0.0117. The Morgan fingerprint density at radius 2 is 1.86 bits per heavy atom. The van der Waals surface area contributed by atoms with Gasteiger partial charge in [0.25, 0.3) is 0 Å². The quantitative estimate of drug-likeness (QED) is 0.594. The van der Waals surface area contributed by atoms with Gasteiger partial charge in [-0.2, -0.15) is 6.42 Å². The van der Waals surface area contributed by atoms with E-state index in [9.17, 15) is 4.79 Å². The summed E-state index contributed by atoms with van der Waals surface area (Å²) in [5.74, 6) is -0.475. The third-order valence-corrected chi connectivity index (χ3v) is 0.874. The second-order valence-electron chi connectivity index (χ2n) is 3.58. The van der Waals surface area contributed by atoms with Gasteiger partial charge in [-0.25, -0.2) is 0 Å². The van der Waals surface area contributed by atoms with Crippen molar-refractivity contribution in [1.82, 2.24) is 0 Å². The molecule has 0 fully saturated rings. The van der Waals surface area contributed by atoms with Gasteiger partial charge >= 0.3 is 21.1 Å². The normalized spacial score (nSPS) is 9.21. The molecule has 84 valence electrons. The molecule has 0 spiro atoms. The Balaban J connectivity index is -0.000000177. The fourth-order valence-corrected chi connectivity index (χ4v) is 0.486. The molecule has 4 heteroatoms. The number of rotatable bonds is 2. The predicted molar refractivity (Wildman–Crippen MR) is 54.8 cm³/mol. The van der Waals surface area contributed by atoms with E-state index in [0.29, 0.717) is 0 Å². The summed E-state index contributed by atoms with van der Waals surface area (Å²) in [6.07, 6.45) is 2.02. The number of ether oxygens (including phenoxy) is 1. The van der Waals surface area contributed by atoms with Crippen LogP contribution in [0.25, 0.3) is 0 Å². The average Bonchev–Trinajstić information content (AvgIpc) is 1.84. The number of hydrogen-bond donors (Lipinski definition) is 1. The maximum Gasteiger partial charge on any atom is 2.00 e. The summed E-state index contributed by atoms with van der Waals surface area (Å²) in [6, 6.07) is 0. The van der Waals surface area contributed by atoms with Gasteiger partial charge in [0.2, 0.25) is 0 Å². The van der Waals surface area contributed by atoms with E-state index in [1.54, 1.807) is 20.8 Å². The summed E-state index contributed by atoms with van der Waals surface area (Å²) >= 11 is 0. The van der Waals surface area contributed by atoms with Crippen LogP contribution in [-0.2, 0) is 30.6 Å². The molecule has 0 aliphatic heterocycles. The van der Waals surface area contributed by atoms with Gasteiger partial charge in [-0.3, -0.25) is 11.7 Å². The Bertz CT molecular complexity index is 131. The third-order valence-electron chi connectivity index (χ3n) is 0.874. The molecule has 0 rings (SSSR count). The summed E-state index contributed by atoms with van der Waals surface area (Å²) in [4.78, 5) is 10.1. The van der Waals surface area contributed by atoms with E-state index in [1.165, 1.54) is 0 Å². The summed E-state index contributed by atoms with van der Waals surface area (Å²) in [6.45, 7) is 12.8. The summed E-state index contributed by atoms with van der Waals surface area (Å²) < 4.78 is 4.69. The van der Waals surface area contributed by atoms with Crippen molar-refractivity contribution in [3.63, 3.8) is 0 Å². The standard InChI is InChI=1S/C6H11O2.C4H10N.W/c1-5(7)8-6(2,3)4;1-2-3-4-5;/h1H2,2-4H3;1-5H2;/q2*-1;+2. The van der Waals surface area contributed by atoms with Crippen LogP contribution in [0.15, 0.2) is 0 Å². The van der Waals surface area contributed by atoms with E-state index in [2.05, 4.69) is 18.6 Å². The van der Waals surface area contributed by atoms with Crippen molar-refractivity contribution in [2.24, 2.45) is 5.73 Å². The number of unbranched alkanes of at least 4 members (excludes halogenated alkanes) is 1. The van der Waals surface area contributed by atoms with Crippen molar-refractivity contribution in [3.05, 3.63) is 13.8 Å². The van der Waals surface area contributed by atoms with Crippen LogP contribution >= 0.6 is 0 Å². The van der Waals surface area contributed by atoms with Gasteiger partial charge in [0.15, 0.2) is 5.97 Å². The minimum Gasteiger partial charge on any atom is -0.483 e. The molecule has 0 saturated heterocycles. The third kappa shape index (κ3) is 29.6. The maximum atomic E-state index is 10.1. The number of hydrogen-bond acceptors (Lipinski definition) is 3. The fourth-order valence-electron chi connectivity index (χ4n) is 0.486. The van der Waals surface area contributed by atoms with E-state index >= 15 is 0 Å². The van der Waals surface area contributed by atoms with Crippen molar-refractivity contribution in [1.29, 1.82) is 0 Å². The topological polar surface area (TPSA) is 52.3 Å². The molecule has 0 aromatic rings. The van der Waals surface area contributed by atoms with Gasteiger partial charge in [-0.1, -0.05) is 6.42 Å². The molecule has 0 atom stereocenters. The van der Waals surface area contributed by atoms with Crippen LogP contribution in [0.3, 0.4) is 0 Å². The first-order valence-electron chi connectivity index (χ1n) is 4.37. The number of esters is 1. The first kappa shape index (κ1) is 19.5. The van der Waals surface area contributed by atoms with Gasteiger partial charge in [0.1, 0.15) is 5.60 Å². The molecule has 0 aromatic carbocycles. The molecular formula is C10H21NO2W.